The fraction of sp³-hybridized carbons (Fsp3) is 0.118. The average molecular weight is 333 g/mol. The molecular formula is C17H17N8+. The Balaban J connectivity index is 1.60. The Hall–Kier alpha value is -3.55. The van der Waals surface area contributed by atoms with Gasteiger partial charge in [0.25, 0.3) is 0 Å². The summed E-state index contributed by atoms with van der Waals surface area (Å²) in [6, 6.07) is 9.70. The summed E-state index contributed by atoms with van der Waals surface area (Å²) in [5.41, 5.74) is 9.69. The Morgan fingerprint density at radius 2 is 2.24 bits per heavy atom. The van der Waals surface area contributed by atoms with Gasteiger partial charge in [-0.1, -0.05) is 0 Å². The first-order valence-electron chi connectivity index (χ1n) is 7.80. The second kappa shape index (κ2) is 6.16. The highest BCUT2D eigenvalue weighted by Gasteiger charge is 2.10. The summed E-state index contributed by atoms with van der Waals surface area (Å²) in [6.45, 7) is 0.558. The van der Waals surface area contributed by atoms with Crippen LogP contribution in [0.25, 0.3) is 22.3 Å². The van der Waals surface area contributed by atoms with Crippen LogP contribution in [0.2, 0.25) is 0 Å². The molecule has 0 aliphatic heterocycles. The lowest BCUT2D eigenvalue weighted by Crippen LogP contribution is -2.22. The molecule has 0 unspecified atom stereocenters. The second-order valence-electron chi connectivity index (χ2n) is 5.69. The van der Waals surface area contributed by atoms with E-state index in [9.17, 15) is 0 Å². The van der Waals surface area contributed by atoms with Crippen LogP contribution in [0.3, 0.4) is 0 Å². The lowest BCUT2D eigenvalue weighted by Gasteiger charge is -2.07. The summed E-state index contributed by atoms with van der Waals surface area (Å²) in [7, 11) is 1.87. The number of hydrogen-bond acceptors (Lipinski definition) is 5. The maximum atomic E-state index is 5.48. The van der Waals surface area contributed by atoms with Crippen molar-refractivity contribution in [2.75, 3.05) is 5.32 Å². The molecule has 0 bridgehead atoms. The number of aromatic nitrogens is 5. The minimum Gasteiger partial charge on any atom is -0.363 e. The molecule has 8 heteroatoms. The molecule has 0 fully saturated rings. The third-order valence-corrected chi connectivity index (χ3v) is 3.91. The van der Waals surface area contributed by atoms with Crippen molar-refractivity contribution in [1.29, 1.82) is 0 Å². The molecule has 4 aromatic rings. The van der Waals surface area contributed by atoms with E-state index in [4.69, 9.17) is 5.53 Å². The molecule has 8 nitrogen and oxygen atoms in total. The van der Waals surface area contributed by atoms with Gasteiger partial charge in [-0.05, 0) is 35.4 Å². The van der Waals surface area contributed by atoms with Gasteiger partial charge in [-0.3, -0.25) is 4.68 Å². The summed E-state index contributed by atoms with van der Waals surface area (Å²) < 4.78 is 1.74. The first-order chi connectivity index (χ1) is 12.2. The number of nitrogens with two attached hydrogens (primary N) is 1. The van der Waals surface area contributed by atoms with Gasteiger partial charge in [0.1, 0.15) is 5.65 Å². The first-order valence-corrected chi connectivity index (χ1v) is 7.80. The van der Waals surface area contributed by atoms with Crippen molar-refractivity contribution < 1.29 is 5.53 Å². The van der Waals surface area contributed by atoms with Gasteiger partial charge in [-0.2, -0.15) is 10.6 Å². The number of aryl methyl sites for hydroxylation is 1. The van der Waals surface area contributed by atoms with Gasteiger partial charge in [-0.25, -0.2) is 9.97 Å². The van der Waals surface area contributed by atoms with Gasteiger partial charge >= 0.3 is 0 Å². The van der Waals surface area contributed by atoms with Crippen molar-refractivity contribution in [3.05, 3.63) is 54.6 Å². The van der Waals surface area contributed by atoms with Crippen LogP contribution in [-0.4, -0.2) is 24.7 Å². The van der Waals surface area contributed by atoms with Crippen LogP contribution in [0.15, 0.2) is 54.0 Å². The minimum atomic E-state index is 0.558. The smallest absolute Gasteiger partial charge is 0.172 e. The number of nitrogens with one attached hydrogen (secondary N) is 2. The van der Waals surface area contributed by atoms with Crippen LogP contribution < -0.4 is 10.8 Å². The van der Waals surface area contributed by atoms with Gasteiger partial charge in [0, 0.05) is 36.1 Å². The fourth-order valence-electron chi connectivity index (χ4n) is 2.69. The molecule has 0 spiro atoms. The van der Waals surface area contributed by atoms with Crippen molar-refractivity contribution >= 4 is 22.5 Å². The van der Waals surface area contributed by atoms with E-state index in [2.05, 4.69) is 36.5 Å². The first kappa shape index (κ1) is 15.0. The third kappa shape index (κ3) is 2.97. The van der Waals surface area contributed by atoms with E-state index in [1.54, 1.807) is 17.1 Å². The van der Waals surface area contributed by atoms with Gasteiger partial charge in [0.15, 0.2) is 11.5 Å². The van der Waals surface area contributed by atoms with Crippen molar-refractivity contribution in [1.82, 2.24) is 24.7 Å². The van der Waals surface area contributed by atoms with Gasteiger partial charge in [0.05, 0.1) is 18.4 Å². The topological polar surface area (TPSA) is 109 Å². The molecule has 0 saturated carbocycles. The fourth-order valence-corrected chi connectivity index (χ4v) is 2.69. The average Bonchev–Trinajstić information content (AvgIpc) is 3.25. The monoisotopic (exact) mass is 333 g/mol. The molecule has 0 atom stereocenters. The lowest BCUT2D eigenvalue weighted by atomic mass is 10.2. The maximum absolute atomic E-state index is 5.48. The SMILES string of the molecule is Cn1cc(-c2ccc(N=[NH2+])c(NCc3cc4cccnc4[nH]3)n2)cn1. The van der Waals surface area contributed by atoms with Gasteiger partial charge in [0.2, 0.25) is 0 Å². The highest BCUT2D eigenvalue weighted by Crippen LogP contribution is 2.27. The molecule has 0 amide bonds. The van der Waals surface area contributed by atoms with Crippen LogP contribution in [0.4, 0.5) is 11.5 Å². The van der Waals surface area contributed by atoms with Crippen molar-refractivity contribution in [2.24, 2.45) is 12.2 Å². The number of pyridine rings is 2. The van der Waals surface area contributed by atoms with Crippen LogP contribution in [0.5, 0.6) is 0 Å². The second-order valence-corrected chi connectivity index (χ2v) is 5.69. The van der Waals surface area contributed by atoms with Crippen molar-refractivity contribution in [3.63, 3.8) is 0 Å². The number of nitrogens with zero attached hydrogens (tertiary/aromatic N) is 5. The highest BCUT2D eigenvalue weighted by atomic mass is 15.2. The normalized spacial score (nSPS) is 10.9. The Bertz CT molecular complexity index is 1010. The largest absolute Gasteiger partial charge is 0.363 e. The van der Waals surface area contributed by atoms with Crippen LogP contribution in [0.1, 0.15) is 5.69 Å². The zero-order chi connectivity index (χ0) is 17.2. The van der Waals surface area contributed by atoms with E-state index in [0.717, 1.165) is 28.0 Å². The number of anilines is 1. The molecule has 0 aromatic carbocycles. The third-order valence-electron chi connectivity index (χ3n) is 3.91. The Morgan fingerprint density at radius 1 is 1.32 bits per heavy atom. The Morgan fingerprint density at radius 3 is 3.00 bits per heavy atom. The molecule has 4 aromatic heterocycles. The molecular weight excluding hydrogens is 316 g/mol. The van der Waals surface area contributed by atoms with Crippen LogP contribution >= 0.6 is 0 Å². The lowest BCUT2D eigenvalue weighted by molar-refractivity contribution is -0.210. The van der Waals surface area contributed by atoms with E-state index in [0.29, 0.717) is 18.1 Å². The molecule has 4 heterocycles. The van der Waals surface area contributed by atoms with Crippen molar-refractivity contribution in [3.8, 4) is 11.3 Å². The standard InChI is InChI=1S/C17H16N8/c1-25-10-12(8-21-25)14-4-5-15(24-18)17(23-14)20-9-13-7-11-3-2-6-19-16(11)22-13/h2-8,10,18H,9H2,1H3,(H,19,22)(H,20,23)/p+1. The molecule has 124 valence electrons. The number of rotatable bonds is 5. The molecule has 4 rings (SSSR count). The zero-order valence-corrected chi connectivity index (χ0v) is 13.6. The zero-order valence-electron chi connectivity index (χ0n) is 13.6. The van der Waals surface area contributed by atoms with E-state index >= 15 is 0 Å². The maximum Gasteiger partial charge on any atom is 0.172 e. The summed E-state index contributed by atoms with van der Waals surface area (Å²) in [5.74, 6) is 0.621. The van der Waals surface area contributed by atoms with Crippen molar-refractivity contribution in [2.45, 2.75) is 6.54 Å². The number of hydrogen-bond donors (Lipinski definition) is 3. The van der Waals surface area contributed by atoms with Crippen LogP contribution in [-0.2, 0) is 13.6 Å². The minimum absolute atomic E-state index is 0.558. The number of fused-ring (bicyclic) bond motifs is 1. The molecule has 0 aliphatic rings. The molecule has 25 heavy (non-hydrogen) atoms. The van der Waals surface area contributed by atoms with E-state index in [1.165, 1.54) is 0 Å². The van der Waals surface area contributed by atoms with E-state index in [1.807, 2.05) is 37.5 Å². The van der Waals surface area contributed by atoms with Gasteiger partial charge < -0.3 is 10.3 Å². The van der Waals surface area contributed by atoms with Crippen LogP contribution in [0, 0.1) is 0 Å². The number of aromatic amines is 1. The predicted octanol–water partition coefficient (Wildman–Crippen LogP) is 1.81. The summed E-state index contributed by atoms with van der Waals surface area (Å²) >= 11 is 0. The quantitative estimate of drug-likeness (QED) is 0.484. The Kier molecular flexibility index (Phi) is 3.70. The molecule has 0 saturated heterocycles. The summed E-state index contributed by atoms with van der Waals surface area (Å²) in [4.78, 5) is 12.2. The number of H-pyrrole nitrogens is 1. The highest BCUT2D eigenvalue weighted by molar-refractivity contribution is 5.76. The predicted molar refractivity (Wildman–Crippen MR) is 93.9 cm³/mol. The van der Waals surface area contributed by atoms with E-state index in [-0.39, 0.29) is 0 Å². The molecule has 4 N–H and O–H groups in total. The van der Waals surface area contributed by atoms with Gasteiger partial charge in [-0.15, -0.1) is 0 Å². The Labute approximate surface area is 143 Å². The summed E-state index contributed by atoms with van der Waals surface area (Å²) in [6.07, 6.45) is 5.45. The molecule has 0 radical (unpaired) electrons. The summed E-state index contributed by atoms with van der Waals surface area (Å²) in [5, 5.41) is 12.3. The van der Waals surface area contributed by atoms with E-state index < -0.39 is 0 Å². The molecule has 0 aliphatic carbocycles.